The van der Waals surface area contributed by atoms with Crippen LogP contribution in [0.3, 0.4) is 0 Å². The van der Waals surface area contributed by atoms with Gasteiger partial charge in [-0.2, -0.15) is 4.57 Å². The first-order chi connectivity index (χ1) is 8.85. The molecule has 0 amide bonds. The summed E-state index contributed by atoms with van der Waals surface area (Å²) in [5.74, 6) is 0. The van der Waals surface area contributed by atoms with Gasteiger partial charge in [0.15, 0.2) is 0 Å². The van der Waals surface area contributed by atoms with Crippen LogP contribution < -0.4 is 5.69 Å². The lowest BCUT2D eigenvalue weighted by molar-refractivity contribution is 0.0537. The number of carbonyl (C=O) groups excluding carboxylic acids is 1. The van der Waals surface area contributed by atoms with E-state index in [1.807, 2.05) is 19.1 Å². The van der Waals surface area contributed by atoms with E-state index >= 15 is 0 Å². The molecule has 2 aromatic rings. The van der Waals surface area contributed by atoms with Gasteiger partial charge in [-0.3, -0.25) is 4.57 Å². The quantitative estimate of drug-likeness (QED) is 0.793. The molecule has 102 valence electrons. The van der Waals surface area contributed by atoms with Crippen LogP contribution in [0.25, 0.3) is 11.0 Å². The third-order valence-electron chi connectivity index (χ3n) is 2.73. The Morgan fingerprint density at radius 1 is 1.21 bits per heavy atom. The molecule has 0 saturated carbocycles. The van der Waals surface area contributed by atoms with Crippen molar-refractivity contribution in [1.29, 1.82) is 0 Å². The maximum atomic E-state index is 12.3. The minimum atomic E-state index is -0.638. The highest BCUT2D eigenvalue weighted by atomic mass is 16.6. The summed E-state index contributed by atoms with van der Waals surface area (Å²) < 4.78 is 7.92. The van der Waals surface area contributed by atoms with Crippen LogP contribution in [0.15, 0.2) is 29.1 Å². The number of hydrogen-bond acceptors (Lipinski definition) is 3. The van der Waals surface area contributed by atoms with Gasteiger partial charge in [-0.1, -0.05) is 12.1 Å². The van der Waals surface area contributed by atoms with Gasteiger partial charge in [0.2, 0.25) is 0 Å². The molecule has 5 heteroatoms. The molecule has 5 nitrogen and oxygen atoms in total. The topological polar surface area (TPSA) is 53.2 Å². The lowest BCUT2D eigenvalue weighted by Crippen LogP contribution is -2.34. The number of benzene rings is 1. The monoisotopic (exact) mass is 262 g/mol. The molecule has 1 aromatic carbocycles. The van der Waals surface area contributed by atoms with Crippen molar-refractivity contribution >= 4 is 17.1 Å². The molecule has 0 aliphatic heterocycles. The summed E-state index contributed by atoms with van der Waals surface area (Å²) in [5.41, 5.74) is 0.314. The van der Waals surface area contributed by atoms with Crippen molar-refractivity contribution in [2.75, 3.05) is 0 Å². The zero-order valence-corrected chi connectivity index (χ0v) is 11.6. The summed E-state index contributed by atoms with van der Waals surface area (Å²) in [6.07, 6.45) is -0.638. The lowest BCUT2D eigenvalue weighted by atomic mass is 10.2. The molecule has 0 N–H and O–H groups in total. The largest absolute Gasteiger partial charge is 0.443 e. The third kappa shape index (κ3) is 2.41. The number of fused-ring (bicyclic) bond motifs is 1. The predicted molar refractivity (Wildman–Crippen MR) is 73.5 cm³/mol. The summed E-state index contributed by atoms with van der Waals surface area (Å²) in [6.45, 7) is 7.70. The van der Waals surface area contributed by atoms with Crippen LogP contribution in [0.5, 0.6) is 0 Å². The summed E-state index contributed by atoms with van der Waals surface area (Å²) in [4.78, 5) is 24.4. The molecule has 0 atom stereocenters. The van der Waals surface area contributed by atoms with Crippen LogP contribution >= 0.6 is 0 Å². The highest BCUT2D eigenvalue weighted by Crippen LogP contribution is 2.15. The summed E-state index contributed by atoms with van der Waals surface area (Å²) in [7, 11) is 0. The summed E-state index contributed by atoms with van der Waals surface area (Å²) >= 11 is 0. The number of imidazole rings is 1. The van der Waals surface area contributed by atoms with E-state index in [-0.39, 0.29) is 5.69 Å². The van der Waals surface area contributed by atoms with Crippen LogP contribution in [0.4, 0.5) is 4.79 Å². The molecule has 0 radical (unpaired) electrons. The second kappa shape index (κ2) is 4.57. The van der Waals surface area contributed by atoms with Gasteiger partial charge in [0, 0.05) is 6.54 Å². The molecule has 0 bridgehead atoms. The zero-order valence-electron chi connectivity index (χ0n) is 11.6. The Labute approximate surface area is 111 Å². The normalized spacial score (nSPS) is 11.8. The van der Waals surface area contributed by atoms with E-state index in [0.717, 1.165) is 10.1 Å². The van der Waals surface area contributed by atoms with Gasteiger partial charge in [-0.25, -0.2) is 9.59 Å². The van der Waals surface area contributed by atoms with E-state index in [4.69, 9.17) is 4.74 Å². The highest BCUT2D eigenvalue weighted by molar-refractivity contribution is 5.87. The Balaban J connectivity index is 2.64. The molecule has 2 rings (SSSR count). The number of hydrogen-bond donors (Lipinski definition) is 0. The molecule has 19 heavy (non-hydrogen) atoms. The molecule has 0 fully saturated rings. The molecular formula is C14H18N2O3. The summed E-state index contributed by atoms with van der Waals surface area (Å²) in [5, 5.41) is 0. The fraction of sp³-hybridized carbons (Fsp3) is 0.429. The Hall–Kier alpha value is -2.04. The average Bonchev–Trinajstić information content (AvgIpc) is 2.58. The highest BCUT2D eigenvalue weighted by Gasteiger charge is 2.23. The SMILES string of the molecule is CCn1c(=O)n(C(=O)OC(C)(C)C)c2ccccc21. The molecule has 1 heterocycles. The maximum absolute atomic E-state index is 12.3. The number of rotatable bonds is 1. The molecule has 0 aliphatic rings. The van der Waals surface area contributed by atoms with Crippen LogP contribution in [-0.4, -0.2) is 20.8 Å². The van der Waals surface area contributed by atoms with E-state index in [2.05, 4.69) is 0 Å². The maximum Gasteiger partial charge on any atom is 0.423 e. The van der Waals surface area contributed by atoms with Crippen LogP contribution in [0.1, 0.15) is 27.7 Å². The Kier molecular flexibility index (Phi) is 3.22. The first-order valence-corrected chi connectivity index (χ1v) is 6.29. The fourth-order valence-electron chi connectivity index (χ4n) is 2.00. The van der Waals surface area contributed by atoms with Crippen molar-refractivity contribution in [1.82, 2.24) is 9.13 Å². The molecule has 0 saturated heterocycles. The Bertz CT molecular complexity index is 674. The van der Waals surface area contributed by atoms with Gasteiger partial charge in [0.1, 0.15) is 5.60 Å². The van der Waals surface area contributed by atoms with Crippen molar-refractivity contribution in [2.24, 2.45) is 0 Å². The standard InChI is InChI=1S/C14H18N2O3/c1-5-15-10-8-6-7-9-11(10)16(12(15)17)13(18)19-14(2,3)4/h6-9H,5H2,1-4H3. The molecule has 0 aliphatic carbocycles. The smallest absolute Gasteiger partial charge is 0.423 e. The number of aryl methyl sites for hydroxylation is 1. The lowest BCUT2D eigenvalue weighted by Gasteiger charge is -2.19. The van der Waals surface area contributed by atoms with Crippen molar-refractivity contribution < 1.29 is 9.53 Å². The average molecular weight is 262 g/mol. The van der Waals surface area contributed by atoms with Crippen molar-refractivity contribution in [3.63, 3.8) is 0 Å². The molecule has 1 aromatic heterocycles. The summed E-state index contributed by atoms with van der Waals surface area (Å²) in [6, 6.07) is 7.20. The van der Waals surface area contributed by atoms with Crippen molar-refractivity contribution in [3.05, 3.63) is 34.7 Å². The molecule has 0 unspecified atom stereocenters. The first kappa shape index (κ1) is 13.4. The van der Waals surface area contributed by atoms with E-state index in [9.17, 15) is 9.59 Å². The second-order valence-corrected chi connectivity index (χ2v) is 5.33. The van der Waals surface area contributed by atoms with E-state index < -0.39 is 11.7 Å². The number of para-hydroxylation sites is 2. The van der Waals surface area contributed by atoms with Crippen LogP contribution in [-0.2, 0) is 11.3 Å². The minimum absolute atomic E-state index is 0.363. The first-order valence-electron chi connectivity index (χ1n) is 6.29. The van der Waals surface area contributed by atoms with Crippen molar-refractivity contribution in [2.45, 2.75) is 39.8 Å². The van der Waals surface area contributed by atoms with Gasteiger partial charge >= 0.3 is 11.8 Å². The van der Waals surface area contributed by atoms with Gasteiger partial charge in [-0.15, -0.1) is 0 Å². The minimum Gasteiger partial charge on any atom is -0.443 e. The number of nitrogens with zero attached hydrogens (tertiary/aromatic N) is 2. The molecule has 0 spiro atoms. The van der Waals surface area contributed by atoms with E-state index in [1.54, 1.807) is 37.5 Å². The second-order valence-electron chi connectivity index (χ2n) is 5.33. The Morgan fingerprint density at radius 2 is 1.79 bits per heavy atom. The van der Waals surface area contributed by atoms with Gasteiger partial charge in [0.25, 0.3) is 0 Å². The fourth-order valence-corrected chi connectivity index (χ4v) is 2.00. The predicted octanol–water partition coefficient (Wildman–Crippen LogP) is 2.61. The van der Waals surface area contributed by atoms with Crippen LogP contribution in [0, 0.1) is 0 Å². The zero-order chi connectivity index (χ0) is 14.2. The van der Waals surface area contributed by atoms with E-state index in [0.29, 0.717) is 12.1 Å². The van der Waals surface area contributed by atoms with Crippen molar-refractivity contribution in [3.8, 4) is 0 Å². The number of aromatic nitrogens is 2. The van der Waals surface area contributed by atoms with Gasteiger partial charge in [0.05, 0.1) is 11.0 Å². The van der Waals surface area contributed by atoms with Gasteiger partial charge in [-0.05, 0) is 39.8 Å². The number of ether oxygens (including phenoxy) is 1. The molecular weight excluding hydrogens is 244 g/mol. The third-order valence-corrected chi connectivity index (χ3v) is 2.73. The van der Waals surface area contributed by atoms with Gasteiger partial charge < -0.3 is 4.74 Å². The Morgan fingerprint density at radius 3 is 2.32 bits per heavy atom. The van der Waals surface area contributed by atoms with E-state index in [1.165, 1.54) is 0 Å². The van der Waals surface area contributed by atoms with Crippen LogP contribution in [0.2, 0.25) is 0 Å². The number of carbonyl (C=O) groups is 1.